The molecule has 0 aliphatic heterocycles. The van der Waals surface area contributed by atoms with Crippen molar-refractivity contribution in [1.29, 1.82) is 0 Å². The van der Waals surface area contributed by atoms with Gasteiger partial charge in [0.25, 0.3) is 0 Å². The highest BCUT2D eigenvalue weighted by Gasteiger charge is 2.18. The Balaban J connectivity index is 2.64. The van der Waals surface area contributed by atoms with E-state index < -0.39 is 15.9 Å². The summed E-state index contributed by atoms with van der Waals surface area (Å²) in [5, 5.41) is 4.11. The molecule has 0 saturated heterocycles. The third kappa shape index (κ3) is 3.19. The summed E-state index contributed by atoms with van der Waals surface area (Å²) in [6.45, 7) is 5.47. The smallest absolute Gasteiger partial charge is 0.306 e. The van der Waals surface area contributed by atoms with Crippen LogP contribution in [0.25, 0.3) is 5.69 Å². The van der Waals surface area contributed by atoms with Crippen LogP contribution >= 0.6 is 11.6 Å². The van der Waals surface area contributed by atoms with Gasteiger partial charge in [0, 0.05) is 11.8 Å². The molecule has 0 atom stereocenters. The van der Waals surface area contributed by atoms with Gasteiger partial charge in [-0.2, -0.15) is 13.5 Å². The van der Waals surface area contributed by atoms with Crippen LogP contribution in [0.1, 0.15) is 17.0 Å². The largest absolute Gasteiger partial charge is 0.381 e. The van der Waals surface area contributed by atoms with Crippen molar-refractivity contribution in [3.05, 3.63) is 39.9 Å². The van der Waals surface area contributed by atoms with Gasteiger partial charge >= 0.3 is 10.1 Å². The van der Waals surface area contributed by atoms with E-state index in [0.29, 0.717) is 0 Å². The van der Waals surface area contributed by atoms with Crippen molar-refractivity contribution in [3.63, 3.8) is 0 Å². The predicted octanol–water partition coefficient (Wildman–Crippen LogP) is 2.93. The minimum absolute atomic E-state index is 0.0757. The molecule has 0 bridgehead atoms. The summed E-state index contributed by atoms with van der Waals surface area (Å²) < 4.78 is 42.7. The first-order valence-electron chi connectivity index (χ1n) is 6.02. The summed E-state index contributed by atoms with van der Waals surface area (Å²) in [5.41, 5.74) is 2.51. The van der Waals surface area contributed by atoms with Crippen LogP contribution in [0.5, 0.6) is 5.75 Å². The molecule has 1 aromatic heterocycles. The Kier molecular flexibility index (Phi) is 3.99. The molecule has 2 aromatic rings. The Morgan fingerprint density at radius 1 is 1.29 bits per heavy atom. The van der Waals surface area contributed by atoms with Crippen molar-refractivity contribution in [2.75, 3.05) is 6.26 Å². The molecule has 1 aromatic carbocycles. The number of halogens is 2. The first kappa shape index (κ1) is 15.8. The quantitative estimate of drug-likeness (QED) is 0.811. The highest BCUT2D eigenvalue weighted by Crippen LogP contribution is 2.31. The molecule has 0 unspecified atom stereocenters. The van der Waals surface area contributed by atoms with E-state index in [9.17, 15) is 12.8 Å². The van der Waals surface area contributed by atoms with Crippen LogP contribution in [0, 0.1) is 26.6 Å². The fourth-order valence-corrected chi connectivity index (χ4v) is 2.56. The zero-order valence-electron chi connectivity index (χ0n) is 11.9. The van der Waals surface area contributed by atoms with Crippen LogP contribution in [0.4, 0.5) is 4.39 Å². The van der Waals surface area contributed by atoms with E-state index in [1.54, 1.807) is 13.8 Å². The molecule has 0 fully saturated rings. The summed E-state index contributed by atoms with van der Waals surface area (Å²) in [4.78, 5) is 0. The third-order valence-corrected chi connectivity index (χ3v) is 3.90. The van der Waals surface area contributed by atoms with Gasteiger partial charge in [0.15, 0.2) is 11.6 Å². The monoisotopic (exact) mass is 332 g/mol. The SMILES string of the molecule is Cc1nn(-c2cc(OS(C)(=O)=O)c(Cl)cc2F)c(C)c1C. The van der Waals surface area contributed by atoms with Gasteiger partial charge in [0.2, 0.25) is 0 Å². The molecular weight excluding hydrogens is 319 g/mol. The maximum atomic E-state index is 14.1. The van der Waals surface area contributed by atoms with E-state index in [-0.39, 0.29) is 16.5 Å². The summed E-state index contributed by atoms with van der Waals surface area (Å²) in [6.07, 6.45) is 0.889. The summed E-state index contributed by atoms with van der Waals surface area (Å²) in [6, 6.07) is 2.22. The van der Waals surface area contributed by atoms with Crippen molar-refractivity contribution in [1.82, 2.24) is 9.78 Å². The minimum Gasteiger partial charge on any atom is -0.381 e. The summed E-state index contributed by atoms with van der Waals surface area (Å²) in [7, 11) is -3.76. The molecule has 1 heterocycles. The zero-order valence-corrected chi connectivity index (χ0v) is 13.5. The Bertz CT molecular complexity index is 815. The van der Waals surface area contributed by atoms with Gasteiger partial charge in [-0.3, -0.25) is 0 Å². The molecule has 21 heavy (non-hydrogen) atoms. The number of aromatic nitrogens is 2. The molecule has 0 spiro atoms. The topological polar surface area (TPSA) is 61.2 Å². The number of hydrogen-bond donors (Lipinski definition) is 0. The number of nitrogens with zero attached hydrogens (tertiary/aromatic N) is 2. The van der Waals surface area contributed by atoms with Crippen molar-refractivity contribution >= 4 is 21.7 Å². The Morgan fingerprint density at radius 3 is 2.38 bits per heavy atom. The van der Waals surface area contributed by atoms with E-state index >= 15 is 0 Å². The van der Waals surface area contributed by atoms with Crippen LogP contribution in [-0.2, 0) is 10.1 Å². The highest BCUT2D eigenvalue weighted by atomic mass is 35.5. The molecule has 0 saturated carbocycles. The Morgan fingerprint density at radius 2 is 1.90 bits per heavy atom. The Hall–Kier alpha value is -1.60. The lowest BCUT2D eigenvalue weighted by molar-refractivity contribution is 0.491. The Labute approximate surface area is 127 Å². The number of aryl methyl sites for hydroxylation is 1. The maximum absolute atomic E-state index is 14.1. The van der Waals surface area contributed by atoms with Crippen molar-refractivity contribution in [3.8, 4) is 11.4 Å². The van der Waals surface area contributed by atoms with E-state index in [0.717, 1.165) is 29.3 Å². The van der Waals surface area contributed by atoms with Gasteiger partial charge in [-0.25, -0.2) is 9.07 Å². The van der Waals surface area contributed by atoms with Crippen molar-refractivity contribution in [2.45, 2.75) is 20.8 Å². The minimum atomic E-state index is -3.76. The fourth-order valence-electron chi connectivity index (χ4n) is 1.86. The number of hydrogen-bond acceptors (Lipinski definition) is 4. The lowest BCUT2D eigenvalue weighted by atomic mass is 10.2. The van der Waals surface area contributed by atoms with Crippen LogP contribution in [-0.4, -0.2) is 24.5 Å². The molecule has 0 radical (unpaired) electrons. The van der Waals surface area contributed by atoms with Crippen LogP contribution in [0.15, 0.2) is 12.1 Å². The standard InChI is InChI=1S/C13H14ClFN2O3S/c1-7-8(2)16-17(9(7)3)12-6-13(20-21(4,18)19)10(14)5-11(12)15/h5-6H,1-4H3. The molecule has 114 valence electrons. The van der Waals surface area contributed by atoms with Crippen molar-refractivity contribution in [2.24, 2.45) is 0 Å². The highest BCUT2D eigenvalue weighted by molar-refractivity contribution is 7.86. The lowest BCUT2D eigenvalue weighted by Gasteiger charge is -2.10. The van der Waals surface area contributed by atoms with Crippen molar-refractivity contribution < 1.29 is 17.0 Å². The van der Waals surface area contributed by atoms with Gasteiger partial charge in [0.05, 0.1) is 17.0 Å². The van der Waals surface area contributed by atoms with E-state index in [2.05, 4.69) is 5.10 Å². The van der Waals surface area contributed by atoms with Crippen LogP contribution in [0.2, 0.25) is 5.02 Å². The van der Waals surface area contributed by atoms with Gasteiger partial charge in [0.1, 0.15) is 5.69 Å². The summed E-state index contributed by atoms with van der Waals surface area (Å²) >= 11 is 5.81. The second kappa shape index (κ2) is 5.31. The van der Waals surface area contributed by atoms with Gasteiger partial charge in [-0.1, -0.05) is 11.6 Å². The number of benzene rings is 1. The molecule has 2 rings (SSSR count). The second-order valence-corrected chi connectivity index (χ2v) is 6.71. The number of rotatable bonds is 3. The fraction of sp³-hybridized carbons (Fsp3) is 0.308. The molecule has 0 aliphatic rings. The first-order chi connectivity index (χ1) is 9.60. The van der Waals surface area contributed by atoms with E-state index in [4.69, 9.17) is 15.8 Å². The molecular formula is C13H14ClFN2O3S. The molecule has 0 N–H and O–H groups in total. The normalized spacial score (nSPS) is 11.7. The summed E-state index contributed by atoms with van der Waals surface area (Å²) in [5.74, 6) is -0.757. The molecule has 8 heteroatoms. The maximum Gasteiger partial charge on any atom is 0.306 e. The zero-order chi connectivity index (χ0) is 15.9. The second-order valence-electron chi connectivity index (χ2n) is 4.73. The van der Waals surface area contributed by atoms with Gasteiger partial charge < -0.3 is 4.18 Å². The average Bonchev–Trinajstić information content (AvgIpc) is 2.59. The van der Waals surface area contributed by atoms with Crippen LogP contribution < -0.4 is 4.18 Å². The van der Waals surface area contributed by atoms with Gasteiger partial charge in [-0.05, 0) is 32.4 Å². The first-order valence-corrected chi connectivity index (χ1v) is 8.21. The average molecular weight is 333 g/mol. The predicted molar refractivity (Wildman–Crippen MR) is 78.2 cm³/mol. The van der Waals surface area contributed by atoms with E-state index in [1.165, 1.54) is 10.7 Å². The third-order valence-electron chi connectivity index (χ3n) is 3.12. The van der Waals surface area contributed by atoms with Crippen LogP contribution in [0.3, 0.4) is 0 Å². The van der Waals surface area contributed by atoms with Gasteiger partial charge in [-0.15, -0.1) is 0 Å². The molecule has 0 amide bonds. The van der Waals surface area contributed by atoms with E-state index in [1.807, 2.05) is 6.92 Å². The lowest BCUT2D eigenvalue weighted by Crippen LogP contribution is -2.08. The molecule has 0 aliphatic carbocycles. The molecule has 5 nitrogen and oxygen atoms in total.